The van der Waals surface area contributed by atoms with Gasteiger partial charge in [0.2, 0.25) is 0 Å². The maximum absolute atomic E-state index is 11.9. The van der Waals surface area contributed by atoms with E-state index in [9.17, 15) is 9.59 Å². The predicted molar refractivity (Wildman–Crippen MR) is 84.8 cm³/mol. The van der Waals surface area contributed by atoms with Gasteiger partial charge in [-0.3, -0.25) is 0 Å². The van der Waals surface area contributed by atoms with Crippen LogP contribution >= 0.6 is 0 Å². The van der Waals surface area contributed by atoms with Gasteiger partial charge < -0.3 is 9.47 Å². The Kier molecular flexibility index (Phi) is 4.57. The standard InChI is InChI=1S/C18H12N2O4/c21-17(23-13-7-3-1-4-8-13)15-11-20-16(12-19-15)18(22)24-14-9-5-2-6-10-14/h1-12H. The number of aromatic nitrogens is 2. The maximum Gasteiger partial charge on any atom is 0.363 e. The van der Waals surface area contributed by atoms with Crippen LogP contribution in [-0.2, 0) is 0 Å². The third-order valence-electron chi connectivity index (χ3n) is 2.98. The molecule has 0 aliphatic heterocycles. The van der Waals surface area contributed by atoms with E-state index in [1.54, 1.807) is 48.5 Å². The second-order valence-corrected chi connectivity index (χ2v) is 4.69. The lowest BCUT2D eigenvalue weighted by atomic mass is 10.3. The summed E-state index contributed by atoms with van der Waals surface area (Å²) in [5, 5.41) is 0. The second-order valence-electron chi connectivity index (χ2n) is 4.69. The molecule has 0 aliphatic carbocycles. The molecule has 0 saturated carbocycles. The van der Waals surface area contributed by atoms with Crippen molar-refractivity contribution in [1.82, 2.24) is 9.97 Å². The first kappa shape index (κ1) is 15.4. The Morgan fingerprint density at radius 1 is 0.625 bits per heavy atom. The van der Waals surface area contributed by atoms with Crippen molar-refractivity contribution in [3.63, 3.8) is 0 Å². The lowest BCUT2D eigenvalue weighted by Gasteiger charge is -2.05. The number of rotatable bonds is 4. The summed E-state index contributed by atoms with van der Waals surface area (Å²) in [6.45, 7) is 0. The van der Waals surface area contributed by atoms with E-state index in [2.05, 4.69) is 9.97 Å². The molecule has 3 aromatic rings. The molecule has 118 valence electrons. The third-order valence-corrected chi connectivity index (χ3v) is 2.98. The van der Waals surface area contributed by atoms with Crippen molar-refractivity contribution >= 4 is 11.9 Å². The number of hydrogen-bond acceptors (Lipinski definition) is 6. The fraction of sp³-hybridized carbons (Fsp3) is 0. The Balaban J connectivity index is 1.66. The average molecular weight is 320 g/mol. The topological polar surface area (TPSA) is 78.4 Å². The fourth-order valence-electron chi connectivity index (χ4n) is 1.83. The van der Waals surface area contributed by atoms with Crippen LogP contribution in [0, 0.1) is 0 Å². The van der Waals surface area contributed by atoms with Crippen LogP contribution in [0.15, 0.2) is 73.1 Å². The number of hydrogen-bond donors (Lipinski definition) is 0. The quantitative estimate of drug-likeness (QED) is 0.543. The molecule has 0 N–H and O–H groups in total. The summed E-state index contributed by atoms with van der Waals surface area (Å²) in [6.07, 6.45) is 2.35. The first-order chi connectivity index (χ1) is 11.7. The van der Waals surface area contributed by atoms with E-state index in [4.69, 9.17) is 9.47 Å². The number of carbonyl (C=O) groups is 2. The SMILES string of the molecule is O=C(Oc1ccccc1)c1cnc(C(=O)Oc2ccccc2)cn1. The molecule has 0 radical (unpaired) electrons. The van der Waals surface area contributed by atoms with Gasteiger partial charge in [0.05, 0.1) is 12.4 Å². The lowest BCUT2D eigenvalue weighted by Crippen LogP contribution is -2.15. The van der Waals surface area contributed by atoms with Gasteiger partial charge >= 0.3 is 11.9 Å². The summed E-state index contributed by atoms with van der Waals surface area (Å²) in [4.78, 5) is 31.7. The van der Waals surface area contributed by atoms with Gasteiger partial charge in [-0.25, -0.2) is 19.6 Å². The van der Waals surface area contributed by atoms with E-state index in [0.29, 0.717) is 11.5 Å². The summed E-state index contributed by atoms with van der Waals surface area (Å²) in [7, 11) is 0. The van der Waals surface area contributed by atoms with E-state index in [-0.39, 0.29) is 11.4 Å². The zero-order chi connectivity index (χ0) is 16.8. The maximum atomic E-state index is 11.9. The number of para-hydroxylation sites is 2. The summed E-state index contributed by atoms with van der Waals surface area (Å²) >= 11 is 0. The Bertz CT molecular complexity index is 761. The van der Waals surface area contributed by atoms with Crippen molar-refractivity contribution in [1.29, 1.82) is 0 Å². The Labute approximate surface area is 137 Å². The van der Waals surface area contributed by atoms with Gasteiger partial charge in [-0.15, -0.1) is 0 Å². The third kappa shape index (κ3) is 3.80. The Morgan fingerprint density at radius 2 is 1.00 bits per heavy atom. The molecule has 0 unspecified atom stereocenters. The Morgan fingerprint density at radius 3 is 1.33 bits per heavy atom. The van der Waals surface area contributed by atoms with Gasteiger partial charge in [0.1, 0.15) is 11.5 Å². The molecule has 3 rings (SSSR count). The zero-order valence-electron chi connectivity index (χ0n) is 12.5. The van der Waals surface area contributed by atoms with Gasteiger partial charge in [-0.1, -0.05) is 36.4 Å². The molecule has 1 heterocycles. The number of carbonyl (C=O) groups excluding carboxylic acids is 2. The van der Waals surface area contributed by atoms with Crippen molar-refractivity contribution in [3.8, 4) is 11.5 Å². The number of benzene rings is 2. The van der Waals surface area contributed by atoms with Crippen LogP contribution < -0.4 is 9.47 Å². The highest BCUT2D eigenvalue weighted by Gasteiger charge is 2.15. The molecule has 6 heteroatoms. The first-order valence-corrected chi connectivity index (χ1v) is 7.09. The highest BCUT2D eigenvalue weighted by molar-refractivity contribution is 5.91. The van der Waals surface area contributed by atoms with E-state index in [1.165, 1.54) is 12.4 Å². The first-order valence-electron chi connectivity index (χ1n) is 7.09. The van der Waals surface area contributed by atoms with Crippen molar-refractivity contribution in [3.05, 3.63) is 84.4 Å². The molecule has 0 amide bonds. The van der Waals surface area contributed by atoms with E-state index in [0.717, 1.165) is 0 Å². The van der Waals surface area contributed by atoms with Crippen molar-refractivity contribution in [2.45, 2.75) is 0 Å². The fourth-order valence-corrected chi connectivity index (χ4v) is 1.83. The predicted octanol–water partition coefficient (Wildman–Crippen LogP) is 2.92. The molecule has 2 aromatic carbocycles. The van der Waals surface area contributed by atoms with Gasteiger partial charge in [0, 0.05) is 0 Å². The van der Waals surface area contributed by atoms with Crippen LogP contribution in [0.3, 0.4) is 0 Å². The van der Waals surface area contributed by atoms with Crippen LogP contribution in [0.2, 0.25) is 0 Å². The minimum atomic E-state index is -0.656. The van der Waals surface area contributed by atoms with Crippen LogP contribution in [0.4, 0.5) is 0 Å². The molecule has 0 aliphatic rings. The van der Waals surface area contributed by atoms with E-state index in [1.807, 2.05) is 12.1 Å². The second kappa shape index (κ2) is 7.15. The van der Waals surface area contributed by atoms with Crippen molar-refractivity contribution in [2.75, 3.05) is 0 Å². The van der Waals surface area contributed by atoms with Crippen LogP contribution in [0.25, 0.3) is 0 Å². The van der Waals surface area contributed by atoms with Crippen molar-refractivity contribution < 1.29 is 19.1 Å². The summed E-state index contributed by atoms with van der Waals surface area (Å²) in [5.74, 6) is -0.512. The van der Waals surface area contributed by atoms with Gasteiger partial charge in [0.15, 0.2) is 11.4 Å². The molecule has 6 nitrogen and oxygen atoms in total. The lowest BCUT2D eigenvalue weighted by molar-refractivity contribution is 0.0710. The van der Waals surface area contributed by atoms with Crippen LogP contribution in [0.5, 0.6) is 11.5 Å². The number of esters is 2. The molecular formula is C18H12N2O4. The molecule has 0 saturated heterocycles. The van der Waals surface area contributed by atoms with E-state index < -0.39 is 11.9 Å². The molecular weight excluding hydrogens is 308 g/mol. The minimum absolute atomic E-state index is 0.00452. The number of nitrogens with zero attached hydrogens (tertiary/aromatic N) is 2. The summed E-state index contributed by atoms with van der Waals surface area (Å²) in [5.41, 5.74) is -0.00905. The van der Waals surface area contributed by atoms with Gasteiger partial charge in [-0.2, -0.15) is 0 Å². The van der Waals surface area contributed by atoms with Crippen molar-refractivity contribution in [2.24, 2.45) is 0 Å². The van der Waals surface area contributed by atoms with Crippen LogP contribution in [0.1, 0.15) is 21.0 Å². The monoisotopic (exact) mass is 320 g/mol. The van der Waals surface area contributed by atoms with Gasteiger partial charge in [0.25, 0.3) is 0 Å². The average Bonchev–Trinajstić information content (AvgIpc) is 2.63. The summed E-state index contributed by atoms with van der Waals surface area (Å²) in [6, 6.07) is 17.2. The molecule has 0 spiro atoms. The number of ether oxygens (including phenoxy) is 2. The largest absolute Gasteiger partial charge is 0.422 e. The minimum Gasteiger partial charge on any atom is -0.422 e. The zero-order valence-corrected chi connectivity index (χ0v) is 12.5. The molecule has 0 fully saturated rings. The van der Waals surface area contributed by atoms with Crippen LogP contribution in [-0.4, -0.2) is 21.9 Å². The Hall–Kier alpha value is -3.54. The molecule has 0 atom stereocenters. The normalized spacial score (nSPS) is 10.0. The summed E-state index contributed by atoms with van der Waals surface area (Å²) < 4.78 is 10.3. The molecule has 0 bridgehead atoms. The highest BCUT2D eigenvalue weighted by Crippen LogP contribution is 2.12. The highest BCUT2D eigenvalue weighted by atomic mass is 16.5. The molecule has 1 aromatic heterocycles. The van der Waals surface area contributed by atoms with Gasteiger partial charge in [-0.05, 0) is 24.3 Å². The van der Waals surface area contributed by atoms with E-state index >= 15 is 0 Å². The molecule has 24 heavy (non-hydrogen) atoms. The smallest absolute Gasteiger partial charge is 0.363 e.